The summed E-state index contributed by atoms with van der Waals surface area (Å²) < 4.78 is 28.1. The average molecular weight is 299 g/mol. The minimum atomic E-state index is -3.22. The standard InChI is InChI=1S/C14H21NO4S/c1-10(13(16)15-14(2,3)4)19-11-6-8-12(9-7-11)20(5,17)18/h6-10H,1-5H3,(H,15,16). The van der Waals surface area contributed by atoms with Gasteiger partial charge in [-0.2, -0.15) is 0 Å². The first kappa shape index (κ1) is 16.5. The van der Waals surface area contributed by atoms with Crippen LogP contribution in [0.3, 0.4) is 0 Å². The molecule has 0 heterocycles. The number of amides is 1. The molecule has 0 saturated heterocycles. The highest BCUT2D eigenvalue weighted by molar-refractivity contribution is 7.90. The molecule has 1 amide bonds. The van der Waals surface area contributed by atoms with Crippen LogP contribution in [0.5, 0.6) is 5.75 Å². The smallest absolute Gasteiger partial charge is 0.261 e. The lowest BCUT2D eigenvalue weighted by atomic mass is 10.1. The van der Waals surface area contributed by atoms with Gasteiger partial charge in [-0.15, -0.1) is 0 Å². The predicted octanol–water partition coefficient (Wildman–Crippen LogP) is 1.77. The molecule has 0 spiro atoms. The SMILES string of the molecule is CC(Oc1ccc(S(C)(=O)=O)cc1)C(=O)NC(C)(C)C. The molecule has 0 aromatic heterocycles. The van der Waals surface area contributed by atoms with Crippen LogP contribution in [0, 0.1) is 0 Å². The third-order valence-electron chi connectivity index (χ3n) is 2.43. The van der Waals surface area contributed by atoms with Gasteiger partial charge >= 0.3 is 0 Å². The fourth-order valence-electron chi connectivity index (χ4n) is 1.49. The van der Waals surface area contributed by atoms with Crippen molar-refractivity contribution in [1.82, 2.24) is 5.32 Å². The molecular formula is C14H21NO4S. The highest BCUT2D eigenvalue weighted by Crippen LogP contribution is 2.17. The molecule has 1 rings (SSSR count). The van der Waals surface area contributed by atoms with Gasteiger partial charge in [0.25, 0.3) is 5.91 Å². The third-order valence-corrected chi connectivity index (χ3v) is 3.56. The van der Waals surface area contributed by atoms with Gasteiger partial charge < -0.3 is 10.1 Å². The molecule has 0 aliphatic rings. The van der Waals surface area contributed by atoms with Gasteiger partial charge in [0, 0.05) is 11.8 Å². The number of ether oxygens (including phenoxy) is 1. The molecule has 0 radical (unpaired) electrons. The van der Waals surface area contributed by atoms with E-state index in [1.807, 2.05) is 20.8 Å². The van der Waals surface area contributed by atoms with E-state index in [-0.39, 0.29) is 16.3 Å². The van der Waals surface area contributed by atoms with Gasteiger partial charge in [0.05, 0.1) is 4.90 Å². The van der Waals surface area contributed by atoms with Crippen molar-refractivity contribution in [2.24, 2.45) is 0 Å². The highest BCUT2D eigenvalue weighted by Gasteiger charge is 2.20. The second-order valence-electron chi connectivity index (χ2n) is 5.74. The Hall–Kier alpha value is -1.56. The van der Waals surface area contributed by atoms with Crippen molar-refractivity contribution in [1.29, 1.82) is 0 Å². The first-order chi connectivity index (χ1) is 8.99. The zero-order valence-corrected chi connectivity index (χ0v) is 13.2. The summed E-state index contributed by atoms with van der Waals surface area (Å²) in [5.41, 5.74) is -0.325. The molecular weight excluding hydrogens is 278 g/mol. The molecule has 0 bridgehead atoms. The van der Waals surface area contributed by atoms with Crippen molar-refractivity contribution >= 4 is 15.7 Å². The Morgan fingerprint density at radius 3 is 2.10 bits per heavy atom. The van der Waals surface area contributed by atoms with E-state index in [2.05, 4.69) is 5.32 Å². The Labute approximate surface area is 120 Å². The van der Waals surface area contributed by atoms with Gasteiger partial charge in [-0.05, 0) is 52.0 Å². The van der Waals surface area contributed by atoms with Crippen LogP contribution in [-0.4, -0.2) is 32.2 Å². The summed E-state index contributed by atoms with van der Waals surface area (Å²) in [6, 6.07) is 5.99. The fourth-order valence-corrected chi connectivity index (χ4v) is 2.12. The second kappa shape index (κ2) is 5.83. The molecule has 1 aromatic rings. The molecule has 1 atom stereocenters. The van der Waals surface area contributed by atoms with Gasteiger partial charge in [-0.25, -0.2) is 8.42 Å². The topological polar surface area (TPSA) is 72.5 Å². The fraction of sp³-hybridized carbons (Fsp3) is 0.500. The number of carbonyl (C=O) groups excluding carboxylic acids is 1. The maximum Gasteiger partial charge on any atom is 0.261 e. The van der Waals surface area contributed by atoms with E-state index in [1.165, 1.54) is 24.3 Å². The lowest BCUT2D eigenvalue weighted by Gasteiger charge is -2.23. The lowest BCUT2D eigenvalue weighted by Crippen LogP contribution is -2.46. The van der Waals surface area contributed by atoms with Crippen molar-refractivity contribution in [2.45, 2.75) is 44.2 Å². The molecule has 1 unspecified atom stereocenters. The quantitative estimate of drug-likeness (QED) is 0.919. The molecule has 0 aliphatic heterocycles. The number of hydrogen-bond acceptors (Lipinski definition) is 4. The van der Waals surface area contributed by atoms with E-state index in [0.29, 0.717) is 5.75 Å². The van der Waals surface area contributed by atoms with Gasteiger partial charge in [0.15, 0.2) is 15.9 Å². The summed E-state index contributed by atoms with van der Waals surface area (Å²) >= 11 is 0. The first-order valence-electron chi connectivity index (χ1n) is 6.28. The predicted molar refractivity (Wildman–Crippen MR) is 77.5 cm³/mol. The van der Waals surface area contributed by atoms with Crippen LogP contribution in [0.15, 0.2) is 29.2 Å². The number of benzene rings is 1. The number of carbonyl (C=O) groups is 1. The highest BCUT2D eigenvalue weighted by atomic mass is 32.2. The van der Waals surface area contributed by atoms with Crippen molar-refractivity contribution in [3.63, 3.8) is 0 Å². The molecule has 0 fully saturated rings. The first-order valence-corrected chi connectivity index (χ1v) is 8.17. The third kappa shape index (κ3) is 5.21. The molecule has 0 aliphatic carbocycles. The summed E-state index contributed by atoms with van der Waals surface area (Å²) in [4.78, 5) is 12.1. The van der Waals surface area contributed by atoms with Crippen molar-refractivity contribution in [3.8, 4) is 5.75 Å². The van der Waals surface area contributed by atoms with E-state index < -0.39 is 15.9 Å². The summed E-state index contributed by atoms with van der Waals surface area (Å²) in [6.07, 6.45) is 0.487. The Morgan fingerprint density at radius 2 is 1.70 bits per heavy atom. The zero-order chi connectivity index (χ0) is 15.6. The van der Waals surface area contributed by atoms with Crippen LogP contribution < -0.4 is 10.1 Å². The van der Waals surface area contributed by atoms with Crippen LogP contribution >= 0.6 is 0 Å². The van der Waals surface area contributed by atoms with Crippen molar-refractivity contribution in [3.05, 3.63) is 24.3 Å². The second-order valence-corrected chi connectivity index (χ2v) is 7.76. The average Bonchev–Trinajstić information content (AvgIpc) is 2.26. The van der Waals surface area contributed by atoms with E-state index >= 15 is 0 Å². The maximum absolute atomic E-state index is 11.9. The van der Waals surface area contributed by atoms with Crippen LogP contribution in [0.4, 0.5) is 0 Å². The minimum Gasteiger partial charge on any atom is -0.481 e. The lowest BCUT2D eigenvalue weighted by molar-refractivity contribution is -0.128. The van der Waals surface area contributed by atoms with Gasteiger partial charge in [-0.3, -0.25) is 4.79 Å². The molecule has 1 N–H and O–H groups in total. The number of rotatable bonds is 4. The molecule has 5 nitrogen and oxygen atoms in total. The Morgan fingerprint density at radius 1 is 1.20 bits per heavy atom. The van der Waals surface area contributed by atoms with Gasteiger partial charge in [0.2, 0.25) is 0 Å². The van der Waals surface area contributed by atoms with Crippen LogP contribution in [0.1, 0.15) is 27.7 Å². The number of sulfone groups is 1. The molecule has 6 heteroatoms. The summed E-state index contributed by atoms with van der Waals surface area (Å²) in [7, 11) is -3.22. The van der Waals surface area contributed by atoms with Crippen LogP contribution in [0.25, 0.3) is 0 Å². The monoisotopic (exact) mass is 299 g/mol. The van der Waals surface area contributed by atoms with Crippen molar-refractivity contribution < 1.29 is 17.9 Å². The summed E-state index contributed by atoms with van der Waals surface area (Å²) in [5.74, 6) is 0.235. The van der Waals surface area contributed by atoms with E-state index in [9.17, 15) is 13.2 Å². The van der Waals surface area contributed by atoms with Gasteiger partial charge in [-0.1, -0.05) is 0 Å². The van der Waals surface area contributed by atoms with E-state index in [4.69, 9.17) is 4.74 Å². The Bertz CT molecular complexity index is 570. The van der Waals surface area contributed by atoms with Crippen molar-refractivity contribution in [2.75, 3.05) is 6.26 Å². The zero-order valence-electron chi connectivity index (χ0n) is 12.4. The normalized spacial score (nSPS) is 13.7. The Kier molecular flexibility index (Phi) is 4.81. The minimum absolute atomic E-state index is 0.218. The summed E-state index contributed by atoms with van der Waals surface area (Å²) in [6.45, 7) is 7.31. The van der Waals surface area contributed by atoms with Gasteiger partial charge in [0.1, 0.15) is 5.75 Å². The van der Waals surface area contributed by atoms with E-state index in [0.717, 1.165) is 6.26 Å². The van der Waals surface area contributed by atoms with E-state index in [1.54, 1.807) is 6.92 Å². The Balaban J connectivity index is 2.72. The van der Waals surface area contributed by atoms with Crippen LogP contribution in [-0.2, 0) is 14.6 Å². The molecule has 1 aromatic carbocycles. The molecule has 20 heavy (non-hydrogen) atoms. The molecule has 112 valence electrons. The molecule has 0 saturated carbocycles. The number of hydrogen-bond donors (Lipinski definition) is 1. The number of nitrogens with one attached hydrogen (secondary N) is 1. The largest absolute Gasteiger partial charge is 0.481 e. The summed E-state index contributed by atoms with van der Waals surface area (Å²) in [5, 5.41) is 2.81. The van der Waals surface area contributed by atoms with Crippen LogP contribution in [0.2, 0.25) is 0 Å². The maximum atomic E-state index is 11.9.